The van der Waals surface area contributed by atoms with Crippen LogP contribution in [0.3, 0.4) is 0 Å². The smallest absolute Gasteiger partial charge is 0.339 e. The second kappa shape index (κ2) is 9.92. The maximum atomic E-state index is 13.3. The van der Waals surface area contributed by atoms with E-state index in [4.69, 9.17) is 9.26 Å². The van der Waals surface area contributed by atoms with Crippen LogP contribution in [0, 0.1) is 12.7 Å². The van der Waals surface area contributed by atoms with E-state index in [0.29, 0.717) is 28.9 Å². The third kappa shape index (κ3) is 5.29. The van der Waals surface area contributed by atoms with Gasteiger partial charge in [-0.15, -0.1) is 0 Å². The second-order valence-corrected chi connectivity index (χ2v) is 8.40. The molecule has 1 amide bonds. The fraction of sp³-hybridized carbons (Fsp3) is 0.231. The topological polar surface area (TPSA) is 88.8 Å². The minimum Gasteiger partial charge on any atom is -0.452 e. The van der Waals surface area contributed by atoms with Crippen LogP contribution in [0.5, 0.6) is 0 Å². The standard InChI is InChI=1S/C26H25FN4O4/c1-16-24-21(13-22(28-25(24)35-29-16)18-7-9-19(27)10-8-18)26(33)34-15-23(32)31(4)14-17-5-11-20(12-6-17)30(2)3/h5-13H,14-15H2,1-4H3. The summed E-state index contributed by atoms with van der Waals surface area (Å²) in [5.41, 5.74) is 3.79. The zero-order chi connectivity index (χ0) is 25.1. The first kappa shape index (κ1) is 23.9. The zero-order valence-electron chi connectivity index (χ0n) is 19.9. The van der Waals surface area contributed by atoms with Crippen molar-refractivity contribution < 1.29 is 23.2 Å². The van der Waals surface area contributed by atoms with Crippen LogP contribution < -0.4 is 4.90 Å². The lowest BCUT2D eigenvalue weighted by molar-refractivity contribution is -0.133. The number of aromatic nitrogens is 2. The van der Waals surface area contributed by atoms with Gasteiger partial charge in [-0.25, -0.2) is 14.2 Å². The summed E-state index contributed by atoms with van der Waals surface area (Å²) in [5.74, 6) is -1.44. The molecule has 2 heterocycles. The number of amides is 1. The van der Waals surface area contributed by atoms with Crippen LogP contribution in [0.2, 0.25) is 0 Å². The molecule has 180 valence electrons. The number of ether oxygens (including phenoxy) is 1. The van der Waals surface area contributed by atoms with Crippen molar-refractivity contribution in [1.29, 1.82) is 0 Å². The number of rotatable bonds is 7. The molecule has 4 rings (SSSR count). The SMILES string of the molecule is Cc1noc2nc(-c3ccc(F)cc3)cc(C(=O)OCC(=O)N(C)Cc3ccc(N(C)C)cc3)c12. The van der Waals surface area contributed by atoms with E-state index >= 15 is 0 Å². The average Bonchev–Trinajstić information content (AvgIpc) is 3.23. The highest BCUT2D eigenvalue weighted by Crippen LogP contribution is 2.27. The van der Waals surface area contributed by atoms with Gasteiger partial charge in [0.2, 0.25) is 0 Å². The molecule has 0 atom stereocenters. The lowest BCUT2D eigenvalue weighted by atomic mass is 10.1. The molecule has 8 nitrogen and oxygen atoms in total. The largest absolute Gasteiger partial charge is 0.452 e. The number of nitrogens with zero attached hydrogens (tertiary/aromatic N) is 4. The highest BCUT2D eigenvalue weighted by Gasteiger charge is 2.22. The number of aryl methyl sites for hydroxylation is 1. The summed E-state index contributed by atoms with van der Waals surface area (Å²) in [7, 11) is 5.57. The molecule has 35 heavy (non-hydrogen) atoms. The van der Waals surface area contributed by atoms with E-state index in [0.717, 1.165) is 11.3 Å². The molecule has 4 aromatic rings. The van der Waals surface area contributed by atoms with Gasteiger partial charge >= 0.3 is 5.97 Å². The molecule has 0 aliphatic carbocycles. The molecule has 0 unspecified atom stereocenters. The van der Waals surface area contributed by atoms with E-state index in [1.807, 2.05) is 43.3 Å². The molecule has 0 spiro atoms. The maximum absolute atomic E-state index is 13.3. The molecule has 0 aliphatic rings. The van der Waals surface area contributed by atoms with Crippen molar-refractivity contribution >= 4 is 28.7 Å². The van der Waals surface area contributed by atoms with Crippen LogP contribution in [0.15, 0.2) is 59.1 Å². The van der Waals surface area contributed by atoms with E-state index in [1.54, 1.807) is 26.1 Å². The first-order valence-corrected chi connectivity index (χ1v) is 10.9. The summed E-state index contributed by atoms with van der Waals surface area (Å²) in [6.45, 7) is 1.64. The molecule has 0 saturated heterocycles. The average molecular weight is 477 g/mol. The maximum Gasteiger partial charge on any atom is 0.339 e. The number of benzene rings is 2. The molecule has 9 heteroatoms. The van der Waals surface area contributed by atoms with Crippen molar-refractivity contribution in [3.63, 3.8) is 0 Å². The number of pyridine rings is 1. The van der Waals surface area contributed by atoms with Gasteiger partial charge in [-0.05, 0) is 55.0 Å². The van der Waals surface area contributed by atoms with Gasteiger partial charge in [0.25, 0.3) is 11.6 Å². The van der Waals surface area contributed by atoms with Crippen LogP contribution >= 0.6 is 0 Å². The van der Waals surface area contributed by atoms with Gasteiger partial charge in [0.05, 0.1) is 22.3 Å². The molecule has 0 N–H and O–H groups in total. The Morgan fingerprint density at radius 1 is 1.03 bits per heavy atom. The van der Waals surface area contributed by atoms with Gasteiger partial charge in [0, 0.05) is 38.9 Å². The number of carbonyl (C=O) groups excluding carboxylic acids is 2. The third-order valence-electron chi connectivity index (χ3n) is 5.60. The molecule has 0 aliphatic heterocycles. The summed E-state index contributed by atoms with van der Waals surface area (Å²) in [6.07, 6.45) is 0. The molecule has 0 fully saturated rings. The van der Waals surface area contributed by atoms with Crippen molar-refractivity contribution in [2.75, 3.05) is 32.6 Å². The van der Waals surface area contributed by atoms with Crippen molar-refractivity contribution in [2.45, 2.75) is 13.5 Å². The molecule has 0 bridgehead atoms. The zero-order valence-corrected chi connectivity index (χ0v) is 19.9. The van der Waals surface area contributed by atoms with Gasteiger partial charge in [0.1, 0.15) is 5.82 Å². The van der Waals surface area contributed by atoms with Crippen LogP contribution in [-0.4, -0.2) is 54.7 Å². The van der Waals surface area contributed by atoms with E-state index in [9.17, 15) is 14.0 Å². The van der Waals surface area contributed by atoms with Gasteiger partial charge in [-0.2, -0.15) is 0 Å². The van der Waals surface area contributed by atoms with E-state index in [1.165, 1.54) is 23.1 Å². The Labute approximate surface area is 201 Å². The minimum atomic E-state index is -0.704. The lowest BCUT2D eigenvalue weighted by Crippen LogP contribution is -2.30. The predicted octanol–water partition coefficient (Wildman–Crippen LogP) is 4.22. The Hall–Kier alpha value is -4.27. The highest BCUT2D eigenvalue weighted by atomic mass is 19.1. The van der Waals surface area contributed by atoms with E-state index in [2.05, 4.69) is 10.1 Å². The molecule has 2 aromatic heterocycles. The molecule has 2 aromatic carbocycles. The van der Waals surface area contributed by atoms with E-state index < -0.39 is 12.6 Å². The van der Waals surface area contributed by atoms with Crippen molar-refractivity contribution in [2.24, 2.45) is 0 Å². The Bertz CT molecular complexity index is 1360. The molecular formula is C26H25FN4O4. The van der Waals surface area contributed by atoms with Gasteiger partial charge in [-0.3, -0.25) is 4.79 Å². The van der Waals surface area contributed by atoms with Gasteiger partial charge in [-0.1, -0.05) is 17.3 Å². The molecule has 0 saturated carbocycles. The summed E-state index contributed by atoms with van der Waals surface area (Å²) in [6, 6.07) is 15.1. The Morgan fingerprint density at radius 2 is 1.71 bits per heavy atom. The number of hydrogen-bond acceptors (Lipinski definition) is 7. The quantitative estimate of drug-likeness (QED) is 0.369. The highest BCUT2D eigenvalue weighted by molar-refractivity contribution is 6.04. The van der Waals surface area contributed by atoms with Crippen LogP contribution in [0.25, 0.3) is 22.4 Å². The molecular weight excluding hydrogens is 451 g/mol. The predicted molar refractivity (Wildman–Crippen MR) is 129 cm³/mol. The Morgan fingerprint density at radius 3 is 2.37 bits per heavy atom. The van der Waals surface area contributed by atoms with Gasteiger partial charge in [0.15, 0.2) is 6.61 Å². The first-order valence-electron chi connectivity index (χ1n) is 10.9. The van der Waals surface area contributed by atoms with Crippen LogP contribution in [-0.2, 0) is 16.1 Å². The van der Waals surface area contributed by atoms with Crippen LogP contribution in [0.1, 0.15) is 21.6 Å². The number of fused-ring (bicyclic) bond motifs is 1. The summed E-state index contributed by atoms with van der Waals surface area (Å²) < 4.78 is 23.9. The Kier molecular flexibility index (Phi) is 6.77. The number of anilines is 1. The minimum absolute atomic E-state index is 0.154. The number of carbonyl (C=O) groups is 2. The van der Waals surface area contributed by atoms with Crippen molar-refractivity contribution in [3.05, 3.63) is 77.2 Å². The van der Waals surface area contributed by atoms with E-state index in [-0.39, 0.29) is 23.0 Å². The Balaban J connectivity index is 1.48. The van der Waals surface area contributed by atoms with Crippen LogP contribution in [0.4, 0.5) is 10.1 Å². The molecule has 0 radical (unpaired) electrons. The summed E-state index contributed by atoms with van der Waals surface area (Å²) >= 11 is 0. The number of likely N-dealkylation sites (N-methyl/N-ethyl adjacent to an activating group) is 1. The monoisotopic (exact) mass is 476 g/mol. The van der Waals surface area contributed by atoms with Gasteiger partial charge < -0.3 is 19.1 Å². The third-order valence-corrected chi connectivity index (χ3v) is 5.60. The summed E-state index contributed by atoms with van der Waals surface area (Å²) in [5, 5.41) is 4.30. The fourth-order valence-corrected chi connectivity index (χ4v) is 3.60. The first-order chi connectivity index (χ1) is 16.7. The fourth-order valence-electron chi connectivity index (χ4n) is 3.60. The lowest BCUT2D eigenvalue weighted by Gasteiger charge is -2.18. The number of esters is 1. The van der Waals surface area contributed by atoms with Crippen molar-refractivity contribution in [3.8, 4) is 11.3 Å². The number of hydrogen-bond donors (Lipinski definition) is 0. The summed E-state index contributed by atoms with van der Waals surface area (Å²) in [4.78, 5) is 33.5. The van der Waals surface area contributed by atoms with Crippen molar-refractivity contribution in [1.82, 2.24) is 15.0 Å². The normalized spacial score (nSPS) is 10.9. The second-order valence-electron chi connectivity index (χ2n) is 8.40. The number of halogens is 1.